The SMILES string of the molecule is CCNC(c1cnns1)C1CCC(C)CC1. The van der Waals surface area contributed by atoms with E-state index in [2.05, 4.69) is 28.8 Å². The summed E-state index contributed by atoms with van der Waals surface area (Å²) in [7, 11) is 0. The Bertz CT molecular complexity index is 291. The van der Waals surface area contributed by atoms with E-state index in [1.807, 2.05) is 6.20 Å². The van der Waals surface area contributed by atoms with E-state index < -0.39 is 0 Å². The number of hydrogen-bond donors (Lipinski definition) is 1. The van der Waals surface area contributed by atoms with Gasteiger partial charge in [-0.05, 0) is 42.8 Å². The van der Waals surface area contributed by atoms with Crippen LogP contribution in [0.25, 0.3) is 0 Å². The lowest BCUT2D eigenvalue weighted by Gasteiger charge is -2.32. The van der Waals surface area contributed by atoms with Gasteiger partial charge in [0.25, 0.3) is 0 Å². The van der Waals surface area contributed by atoms with Crippen LogP contribution in [0.3, 0.4) is 0 Å². The Morgan fingerprint density at radius 2 is 2.19 bits per heavy atom. The average molecular weight is 239 g/mol. The molecule has 3 nitrogen and oxygen atoms in total. The third-order valence-corrected chi connectivity index (χ3v) is 4.39. The van der Waals surface area contributed by atoms with E-state index in [1.165, 1.54) is 30.6 Å². The zero-order valence-corrected chi connectivity index (χ0v) is 11.0. The second kappa shape index (κ2) is 5.73. The van der Waals surface area contributed by atoms with Gasteiger partial charge < -0.3 is 5.32 Å². The van der Waals surface area contributed by atoms with Crippen LogP contribution in [0.5, 0.6) is 0 Å². The molecule has 0 amide bonds. The van der Waals surface area contributed by atoms with Gasteiger partial charge in [0.1, 0.15) is 0 Å². The highest BCUT2D eigenvalue weighted by Gasteiger charge is 2.27. The van der Waals surface area contributed by atoms with Crippen molar-refractivity contribution in [1.82, 2.24) is 14.9 Å². The smallest absolute Gasteiger partial charge is 0.0669 e. The highest BCUT2D eigenvalue weighted by molar-refractivity contribution is 7.05. The summed E-state index contributed by atoms with van der Waals surface area (Å²) in [5.74, 6) is 1.69. The molecule has 1 unspecified atom stereocenters. The minimum atomic E-state index is 0.484. The fourth-order valence-electron chi connectivity index (χ4n) is 2.65. The summed E-state index contributed by atoms with van der Waals surface area (Å²) >= 11 is 1.54. The van der Waals surface area contributed by atoms with Crippen molar-refractivity contribution in [1.29, 1.82) is 0 Å². The molecule has 1 aliphatic rings. The van der Waals surface area contributed by atoms with E-state index in [1.54, 1.807) is 11.5 Å². The van der Waals surface area contributed by atoms with E-state index in [9.17, 15) is 0 Å². The first kappa shape index (κ1) is 12.0. The first-order chi connectivity index (χ1) is 7.81. The molecule has 1 aromatic heterocycles. The van der Waals surface area contributed by atoms with Gasteiger partial charge in [0.05, 0.1) is 11.1 Å². The Hall–Kier alpha value is -0.480. The second-order valence-corrected chi connectivity index (χ2v) is 5.69. The van der Waals surface area contributed by atoms with Gasteiger partial charge in [-0.1, -0.05) is 31.2 Å². The molecule has 16 heavy (non-hydrogen) atoms. The largest absolute Gasteiger partial charge is 0.309 e. The first-order valence-electron chi connectivity index (χ1n) is 6.32. The molecule has 1 heterocycles. The summed E-state index contributed by atoms with van der Waals surface area (Å²) in [6.07, 6.45) is 7.36. The molecule has 1 fully saturated rings. The van der Waals surface area contributed by atoms with Gasteiger partial charge in [-0.15, -0.1) is 5.10 Å². The van der Waals surface area contributed by atoms with Crippen LogP contribution in [0.2, 0.25) is 0 Å². The minimum absolute atomic E-state index is 0.484. The maximum Gasteiger partial charge on any atom is 0.0669 e. The van der Waals surface area contributed by atoms with Crippen molar-refractivity contribution in [3.63, 3.8) is 0 Å². The van der Waals surface area contributed by atoms with E-state index in [4.69, 9.17) is 0 Å². The van der Waals surface area contributed by atoms with Gasteiger partial charge in [-0.25, -0.2) is 0 Å². The van der Waals surface area contributed by atoms with E-state index in [-0.39, 0.29) is 0 Å². The number of rotatable bonds is 4. The van der Waals surface area contributed by atoms with Crippen LogP contribution in [0.1, 0.15) is 50.4 Å². The zero-order chi connectivity index (χ0) is 11.4. The summed E-state index contributed by atoms with van der Waals surface area (Å²) in [5, 5.41) is 7.56. The molecule has 0 aromatic carbocycles. The van der Waals surface area contributed by atoms with Crippen molar-refractivity contribution < 1.29 is 0 Å². The Kier molecular flexibility index (Phi) is 4.29. The molecule has 0 radical (unpaired) electrons. The molecule has 1 atom stereocenters. The Balaban J connectivity index is 2.02. The van der Waals surface area contributed by atoms with E-state index in [0.717, 1.165) is 18.4 Å². The average Bonchev–Trinajstić information content (AvgIpc) is 2.81. The van der Waals surface area contributed by atoms with Crippen LogP contribution >= 0.6 is 11.5 Å². The lowest BCUT2D eigenvalue weighted by Crippen LogP contribution is -2.30. The van der Waals surface area contributed by atoms with E-state index >= 15 is 0 Å². The maximum absolute atomic E-state index is 3.99. The molecule has 2 rings (SSSR count). The fourth-order valence-corrected chi connectivity index (χ4v) is 3.32. The molecule has 1 aromatic rings. The molecular formula is C12H21N3S. The lowest BCUT2D eigenvalue weighted by atomic mass is 9.79. The van der Waals surface area contributed by atoms with Crippen molar-refractivity contribution in [2.45, 2.75) is 45.6 Å². The Morgan fingerprint density at radius 3 is 2.75 bits per heavy atom. The molecular weight excluding hydrogens is 218 g/mol. The molecule has 1 N–H and O–H groups in total. The fraction of sp³-hybridized carbons (Fsp3) is 0.833. The third kappa shape index (κ3) is 2.80. The normalized spacial score (nSPS) is 27.9. The number of nitrogens with one attached hydrogen (secondary N) is 1. The minimum Gasteiger partial charge on any atom is -0.309 e. The predicted octanol–water partition coefficient (Wildman–Crippen LogP) is 3.02. The molecule has 0 spiro atoms. The van der Waals surface area contributed by atoms with Gasteiger partial charge in [-0.3, -0.25) is 0 Å². The van der Waals surface area contributed by atoms with Crippen LogP contribution in [0.15, 0.2) is 6.20 Å². The zero-order valence-electron chi connectivity index (χ0n) is 10.1. The van der Waals surface area contributed by atoms with Crippen molar-refractivity contribution in [2.75, 3.05) is 6.54 Å². The van der Waals surface area contributed by atoms with Crippen LogP contribution in [0, 0.1) is 11.8 Å². The maximum atomic E-state index is 3.99. The molecule has 1 saturated carbocycles. The summed E-state index contributed by atoms with van der Waals surface area (Å²) in [6.45, 7) is 5.56. The molecule has 4 heteroatoms. The van der Waals surface area contributed by atoms with Crippen LogP contribution < -0.4 is 5.32 Å². The molecule has 0 aliphatic heterocycles. The molecule has 1 aliphatic carbocycles. The summed E-state index contributed by atoms with van der Waals surface area (Å²) in [4.78, 5) is 1.31. The Labute approximate surface area is 102 Å². The van der Waals surface area contributed by atoms with Crippen molar-refractivity contribution >= 4 is 11.5 Å². The molecule has 90 valence electrons. The second-order valence-electron chi connectivity index (χ2n) is 4.88. The third-order valence-electron chi connectivity index (χ3n) is 3.64. The highest BCUT2D eigenvalue weighted by atomic mass is 32.1. The van der Waals surface area contributed by atoms with E-state index in [0.29, 0.717) is 6.04 Å². The predicted molar refractivity (Wildman–Crippen MR) is 67.4 cm³/mol. The lowest BCUT2D eigenvalue weighted by molar-refractivity contribution is 0.235. The number of hydrogen-bond acceptors (Lipinski definition) is 4. The standard InChI is InChI=1S/C12H21N3S/c1-3-13-12(11-8-14-15-16-11)10-6-4-9(2)5-7-10/h8-10,12-13H,3-7H2,1-2H3. The summed E-state index contributed by atoms with van der Waals surface area (Å²) < 4.78 is 3.99. The molecule has 0 saturated heterocycles. The summed E-state index contributed by atoms with van der Waals surface area (Å²) in [5.41, 5.74) is 0. The van der Waals surface area contributed by atoms with Gasteiger partial charge in [0.15, 0.2) is 0 Å². The van der Waals surface area contributed by atoms with Crippen LogP contribution in [0.4, 0.5) is 0 Å². The van der Waals surface area contributed by atoms with Gasteiger partial charge >= 0.3 is 0 Å². The van der Waals surface area contributed by atoms with Crippen molar-refractivity contribution in [3.8, 4) is 0 Å². The van der Waals surface area contributed by atoms with Crippen LogP contribution in [-0.4, -0.2) is 16.1 Å². The van der Waals surface area contributed by atoms with Crippen LogP contribution in [-0.2, 0) is 0 Å². The Morgan fingerprint density at radius 1 is 1.44 bits per heavy atom. The van der Waals surface area contributed by atoms with Gasteiger partial charge in [0, 0.05) is 6.04 Å². The van der Waals surface area contributed by atoms with Gasteiger partial charge in [0.2, 0.25) is 0 Å². The van der Waals surface area contributed by atoms with Crippen molar-refractivity contribution in [3.05, 3.63) is 11.1 Å². The van der Waals surface area contributed by atoms with Gasteiger partial charge in [-0.2, -0.15) is 0 Å². The topological polar surface area (TPSA) is 37.8 Å². The number of nitrogens with zero attached hydrogens (tertiary/aromatic N) is 2. The highest BCUT2D eigenvalue weighted by Crippen LogP contribution is 2.37. The summed E-state index contributed by atoms with van der Waals surface area (Å²) in [6, 6.07) is 0.484. The molecule has 0 bridgehead atoms. The van der Waals surface area contributed by atoms with Crippen molar-refractivity contribution in [2.24, 2.45) is 11.8 Å². The number of aromatic nitrogens is 2. The monoisotopic (exact) mass is 239 g/mol. The first-order valence-corrected chi connectivity index (χ1v) is 7.09. The quantitative estimate of drug-likeness (QED) is 0.877.